The van der Waals surface area contributed by atoms with E-state index in [9.17, 15) is 5.11 Å². The third kappa shape index (κ3) is 3.53. The van der Waals surface area contributed by atoms with Crippen molar-refractivity contribution in [3.05, 3.63) is 186 Å². The first kappa shape index (κ1) is 24.9. The molecular formula is C43H28O. The lowest BCUT2D eigenvalue weighted by Crippen LogP contribution is -2.29. The van der Waals surface area contributed by atoms with Gasteiger partial charge in [0.25, 0.3) is 0 Å². The van der Waals surface area contributed by atoms with E-state index in [0.29, 0.717) is 0 Å². The van der Waals surface area contributed by atoms with E-state index in [1.165, 1.54) is 66.1 Å². The maximum Gasteiger partial charge on any atom is 0.116 e. The van der Waals surface area contributed by atoms with Crippen LogP contribution in [0.4, 0.5) is 0 Å². The highest BCUT2D eigenvalue weighted by atomic mass is 16.3. The molecule has 7 aromatic carbocycles. The topological polar surface area (TPSA) is 20.2 Å². The average Bonchev–Trinajstić information content (AvgIpc) is 3.47. The van der Waals surface area contributed by atoms with Crippen LogP contribution < -0.4 is 0 Å². The number of phenolic OH excluding ortho intramolecular Hbond substituents is 1. The maximum atomic E-state index is 10.2. The van der Waals surface area contributed by atoms with Crippen LogP contribution >= 0.6 is 0 Å². The van der Waals surface area contributed by atoms with E-state index in [1.54, 1.807) is 6.07 Å². The summed E-state index contributed by atoms with van der Waals surface area (Å²) in [6.45, 7) is 0. The van der Waals surface area contributed by atoms with Gasteiger partial charge in [-0.1, -0.05) is 140 Å². The van der Waals surface area contributed by atoms with E-state index in [1.807, 2.05) is 12.1 Å². The van der Waals surface area contributed by atoms with E-state index < -0.39 is 5.41 Å². The fraction of sp³-hybridized carbons (Fsp3) is 0.0233. The summed E-state index contributed by atoms with van der Waals surface area (Å²) in [6, 6.07) is 49.7. The molecule has 9 rings (SSSR count). The number of rotatable bonds is 3. The number of phenols is 1. The van der Waals surface area contributed by atoms with Crippen LogP contribution in [0.25, 0.3) is 55.1 Å². The summed E-state index contributed by atoms with van der Waals surface area (Å²) in [5.41, 5.74) is 9.55. The summed E-state index contributed by atoms with van der Waals surface area (Å²) in [5.74, 6) is 0.284. The van der Waals surface area contributed by atoms with Crippen molar-refractivity contribution in [2.45, 2.75) is 5.41 Å². The van der Waals surface area contributed by atoms with Crippen LogP contribution in [-0.4, -0.2) is 5.11 Å². The predicted octanol–water partition coefficient (Wildman–Crippen LogP) is 10.9. The molecule has 2 aliphatic carbocycles. The molecule has 0 saturated heterocycles. The number of fused-ring (bicyclic) bond motifs is 6. The first-order valence-corrected chi connectivity index (χ1v) is 15.2. The molecule has 0 bridgehead atoms. The minimum absolute atomic E-state index is 0.284. The van der Waals surface area contributed by atoms with Crippen molar-refractivity contribution in [3.63, 3.8) is 0 Å². The van der Waals surface area contributed by atoms with E-state index in [-0.39, 0.29) is 5.75 Å². The summed E-state index contributed by atoms with van der Waals surface area (Å²) < 4.78 is 0. The monoisotopic (exact) mass is 560 g/mol. The van der Waals surface area contributed by atoms with E-state index in [2.05, 4.69) is 146 Å². The third-order valence-electron chi connectivity index (χ3n) is 9.58. The number of hydrogen-bond donors (Lipinski definition) is 1. The Morgan fingerprint density at radius 3 is 2.05 bits per heavy atom. The lowest BCUT2D eigenvalue weighted by atomic mass is 9.64. The zero-order valence-corrected chi connectivity index (χ0v) is 24.0. The van der Waals surface area contributed by atoms with Crippen molar-refractivity contribution in [3.8, 4) is 16.9 Å². The molecule has 1 unspecified atom stereocenters. The van der Waals surface area contributed by atoms with Gasteiger partial charge in [0.1, 0.15) is 5.75 Å². The first-order valence-electron chi connectivity index (χ1n) is 15.2. The molecule has 0 amide bonds. The molecule has 1 atom stereocenters. The molecule has 0 aromatic heterocycles. The van der Waals surface area contributed by atoms with Gasteiger partial charge in [-0.25, -0.2) is 0 Å². The van der Waals surface area contributed by atoms with Crippen LogP contribution in [0.1, 0.15) is 22.3 Å². The van der Waals surface area contributed by atoms with Crippen LogP contribution in [0.3, 0.4) is 0 Å². The van der Waals surface area contributed by atoms with Crippen molar-refractivity contribution < 1.29 is 5.11 Å². The van der Waals surface area contributed by atoms with Crippen molar-refractivity contribution in [1.82, 2.24) is 0 Å². The smallest absolute Gasteiger partial charge is 0.116 e. The summed E-state index contributed by atoms with van der Waals surface area (Å²) in [5, 5.41) is 17.3. The Kier molecular flexibility index (Phi) is 5.33. The molecule has 0 radical (unpaired) electrons. The second-order valence-corrected chi connectivity index (χ2v) is 11.9. The Morgan fingerprint density at radius 1 is 0.500 bits per heavy atom. The first-order chi connectivity index (χ1) is 21.7. The molecule has 7 aromatic rings. The van der Waals surface area contributed by atoms with Crippen LogP contribution in [0.5, 0.6) is 5.75 Å². The van der Waals surface area contributed by atoms with Gasteiger partial charge in [0.15, 0.2) is 0 Å². The average molecular weight is 561 g/mol. The fourth-order valence-electron chi connectivity index (χ4n) is 7.59. The molecule has 0 spiro atoms. The largest absolute Gasteiger partial charge is 0.508 e. The van der Waals surface area contributed by atoms with E-state index in [0.717, 1.165) is 10.8 Å². The molecule has 0 heterocycles. The number of aromatic hydroxyl groups is 1. The standard InChI is InChI=1S/C43H28O/c44-33-23-21-30-25-32(22-20-31(30)26-33)43(41-19-6-12-29-10-2-4-14-35(29)41)24-8-18-39-38-17-7-16-37(40(38)27-42(39)43)36-15-5-11-28-9-1-3-13-34(28)36/h1-27,44H. The van der Waals surface area contributed by atoms with Gasteiger partial charge in [-0.2, -0.15) is 0 Å². The lowest BCUT2D eigenvalue weighted by molar-refractivity contribution is 0.476. The SMILES string of the molecule is Oc1ccc2cc(C3(c4cccc5ccccc45)C=CC=C4C3=Cc3c4cccc3-c3cccc4ccccc34)ccc2c1. The van der Waals surface area contributed by atoms with Crippen molar-refractivity contribution >= 4 is 44.0 Å². The van der Waals surface area contributed by atoms with Gasteiger partial charge in [0.05, 0.1) is 5.41 Å². The summed E-state index contributed by atoms with van der Waals surface area (Å²) >= 11 is 0. The van der Waals surface area contributed by atoms with Crippen molar-refractivity contribution in [1.29, 1.82) is 0 Å². The Morgan fingerprint density at radius 2 is 1.16 bits per heavy atom. The second kappa shape index (κ2) is 9.42. The van der Waals surface area contributed by atoms with Gasteiger partial charge in [-0.15, -0.1) is 0 Å². The van der Waals surface area contributed by atoms with Gasteiger partial charge in [-0.3, -0.25) is 0 Å². The minimum atomic E-state index is -0.522. The number of allylic oxidation sites excluding steroid dienone is 5. The van der Waals surface area contributed by atoms with Crippen LogP contribution in [0.2, 0.25) is 0 Å². The fourth-order valence-corrected chi connectivity index (χ4v) is 7.59. The molecule has 0 saturated carbocycles. The van der Waals surface area contributed by atoms with E-state index >= 15 is 0 Å². The molecular weight excluding hydrogens is 532 g/mol. The van der Waals surface area contributed by atoms with Gasteiger partial charge in [-0.05, 0) is 101 Å². The molecule has 1 nitrogen and oxygen atoms in total. The maximum absolute atomic E-state index is 10.2. The highest BCUT2D eigenvalue weighted by Crippen LogP contribution is 2.55. The van der Waals surface area contributed by atoms with Gasteiger partial charge >= 0.3 is 0 Å². The molecule has 0 fully saturated rings. The van der Waals surface area contributed by atoms with Gasteiger partial charge < -0.3 is 5.11 Å². The summed E-state index contributed by atoms with van der Waals surface area (Å²) in [7, 11) is 0. The minimum Gasteiger partial charge on any atom is -0.508 e. The summed E-state index contributed by atoms with van der Waals surface area (Å²) in [4.78, 5) is 0. The van der Waals surface area contributed by atoms with Crippen LogP contribution in [-0.2, 0) is 5.41 Å². The Balaban J connectivity index is 1.35. The second-order valence-electron chi connectivity index (χ2n) is 11.9. The molecule has 44 heavy (non-hydrogen) atoms. The van der Waals surface area contributed by atoms with Gasteiger partial charge in [0, 0.05) is 0 Å². The molecule has 2 aliphatic rings. The summed E-state index contributed by atoms with van der Waals surface area (Å²) in [6.07, 6.45) is 9.36. The van der Waals surface area contributed by atoms with Crippen LogP contribution in [0.15, 0.2) is 163 Å². The zero-order chi connectivity index (χ0) is 29.3. The molecule has 206 valence electrons. The lowest BCUT2D eigenvalue weighted by Gasteiger charge is -2.37. The Hall–Kier alpha value is -5.66. The molecule has 1 heteroatoms. The molecule has 0 aliphatic heterocycles. The normalized spacial score (nSPS) is 17.0. The third-order valence-corrected chi connectivity index (χ3v) is 9.58. The zero-order valence-electron chi connectivity index (χ0n) is 24.0. The number of hydrogen-bond acceptors (Lipinski definition) is 1. The predicted molar refractivity (Wildman–Crippen MR) is 185 cm³/mol. The number of benzene rings is 7. The van der Waals surface area contributed by atoms with E-state index in [4.69, 9.17) is 0 Å². The van der Waals surface area contributed by atoms with Gasteiger partial charge in [0.2, 0.25) is 0 Å². The van der Waals surface area contributed by atoms with Crippen molar-refractivity contribution in [2.24, 2.45) is 0 Å². The Labute approximate surface area is 256 Å². The quantitative estimate of drug-likeness (QED) is 0.228. The van der Waals surface area contributed by atoms with Crippen LogP contribution in [0, 0.1) is 0 Å². The van der Waals surface area contributed by atoms with Crippen molar-refractivity contribution in [2.75, 3.05) is 0 Å². The highest BCUT2D eigenvalue weighted by molar-refractivity contribution is 6.07. The Bertz CT molecular complexity index is 2390. The highest BCUT2D eigenvalue weighted by Gasteiger charge is 2.43. The molecule has 1 N–H and O–H groups in total.